The summed E-state index contributed by atoms with van der Waals surface area (Å²) in [5.41, 5.74) is 6.94. The molecule has 0 saturated heterocycles. The molecule has 3 amide bonds. The Hall–Kier alpha value is -3.69. The zero-order valence-corrected chi connectivity index (χ0v) is 15.7. The monoisotopic (exact) mass is 382 g/mol. The Morgan fingerprint density at radius 1 is 1.25 bits per heavy atom. The largest absolute Gasteiger partial charge is 0.364 e. The first-order valence-corrected chi connectivity index (χ1v) is 8.77. The zero-order valence-electron chi connectivity index (χ0n) is 15.7. The average molecular weight is 382 g/mol. The van der Waals surface area contributed by atoms with Crippen molar-refractivity contribution in [1.29, 1.82) is 0 Å². The maximum Gasteiger partial charge on any atom is 0.315 e. The molecule has 0 aliphatic carbocycles. The van der Waals surface area contributed by atoms with Gasteiger partial charge < -0.3 is 20.9 Å². The van der Waals surface area contributed by atoms with Gasteiger partial charge in [-0.15, -0.1) is 5.10 Å². The molecule has 1 aromatic carbocycles. The molecule has 0 spiro atoms. The Bertz CT molecular complexity index is 960. The highest BCUT2D eigenvalue weighted by Crippen LogP contribution is 2.15. The fourth-order valence-corrected chi connectivity index (χ4v) is 2.67. The second kappa shape index (κ2) is 8.33. The second-order valence-electron chi connectivity index (χ2n) is 6.33. The van der Waals surface area contributed by atoms with Gasteiger partial charge in [-0.05, 0) is 24.6 Å². The zero-order chi connectivity index (χ0) is 20.1. The molecule has 4 N–H and O–H groups in total. The number of carbonyl (C=O) groups is 2. The summed E-state index contributed by atoms with van der Waals surface area (Å²) in [6.07, 6.45) is 5.73. The number of aryl methyl sites for hydroxylation is 1. The lowest BCUT2D eigenvalue weighted by Gasteiger charge is -2.15. The first kappa shape index (κ1) is 19.1. The summed E-state index contributed by atoms with van der Waals surface area (Å²) >= 11 is 0. The number of carbonyl (C=O) groups excluding carboxylic acids is 2. The van der Waals surface area contributed by atoms with E-state index in [0.717, 1.165) is 17.1 Å². The van der Waals surface area contributed by atoms with Crippen LogP contribution in [0.4, 0.5) is 4.79 Å². The van der Waals surface area contributed by atoms with Crippen LogP contribution in [-0.4, -0.2) is 43.0 Å². The van der Waals surface area contributed by atoms with Crippen molar-refractivity contribution in [2.24, 2.45) is 12.8 Å². The molecule has 0 bridgehead atoms. The van der Waals surface area contributed by atoms with Crippen molar-refractivity contribution in [3.8, 4) is 5.69 Å². The van der Waals surface area contributed by atoms with Crippen LogP contribution in [0.5, 0.6) is 0 Å². The minimum absolute atomic E-state index is 0.0984. The van der Waals surface area contributed by atoms with Crippen molar-refractivity contribution in [3.63, 3.8) is 0 Å². The molecule has 0 radical (unpaired) electrons. The lowest BCUT2D eigenvalue weighted by molar-refractivity contribution is 0.0995. The fraction of sp³-hybridized carbons (Fsp3) is 0.278. The van der Waals surface area contributed by atoms with E-state index in [4.69, 9.17) is 5.73 Å². The third kappa shape index (κ3) is 4.53. The molecule has 10 heteroatoms. The Balaban J connectivity index is 1.52. The summed E-state index contributed by atoms with van der Waals surface area (Å²) in [5, 5.41) is 13.3. The van der Waals surface area contributed by atoms with Crippen LogP contribution >= 0.6 is 0 Å². The van der Waals surface area contributed by atoms with Crippen LogP contribution in [-0.2, 0) is 13.5 Å². The Morgan fingerprint density at radius 3 is 2.61 bits per heavy atom. The van der Waals surface area contributed by atoms with Gasteiger partial charge in [0.15, 0.2) is 5.69 Å². The van der Waals surface area contributed by atoms with Crippen LogP contribution in [0.3, 0.4) is 0 Å². The topological polar surface area (TPSA) is 133 Å². The molecule has 0 aliphatic rings. The van der Waals surface area contributed by atoms with Gasteiger partial charge in [0.05, 0.1) is 17.9 Å². The number of amides is 3. The van der Waals surface area contributed by atoms with Gasteiger partial charge in [-0.25, -0.2) is 14.5 Å². The third-order valence-electron chi connectivity index (χ3n) is 4.31. The molecular formula is C18H22N8O2. The number of rotatable bonds is 7. The number of primary amides is 1. The minimum Gasteiger partial charge on any atom is -0.364 e. The molecule has 2 aromatic heterocycles. The molecule has 3 aromatic rings. The van der Waals surface area contributed by atoms with Gasteiger partial charge in [0.25, 0.3) is 5.91 Å². The van der Waals surface area contributed by atoms with E-state index in [1.54, 1.807) is 6.20 Å². The molecule has 0 unspecified atom stereocenters. The SMILES string of the molecule is C[C@@H](NC(=O)NCCc1nccn1C)c1ccc(-n2cc(C(N)=O)nn2)cc1. The van der Waals surface area contributed by atoms with Crippen LogP contribution < -0.4 is 16.4 Å². The molecular weight excluding hydrogens is 360 g/mol. The quantitative estimate of drug-likeness (QED) is 0.553. The smallest absolute Gasteiger partial charge is 0.315 e. The van der Waals surface area contributed by atoms with E-state index in [2.05, 4.69) is 25.9 Å². The van der Waals surface area contributed by atoms with Gasteiger partial charge in [0.2, 0.25) is 0 Å². The molecule has 0 saturated carbocycles. The lowest BCUT2D eigenvalue weighted by Crippen LogP contribution is -2.38. The van der Waals surface area contributed by atoms with Gasteiger partial charge in [-0.2, -0.15) is 0 Å². The van der Waals surface area contributed by atoms with Crippen LogP contribution in [0, 0.1) is 0 Å². The highest BCUT2D eigenvalue weighted by atomic mass is 16.2. The molecule has 2 heterocycles. The van der Waals surface area contributed by atoms with Crippen molar-refractivity contribution in [2.75, 3.05) is 6.54 Å². The predicted octanol–water partition coefficient (Wildman–Crippen LogP) is 0.703. The molecule has 3 rings (SSSR count). The normalized spacial score (nSPS) is 11.8. The number of hydrogen-bond donors (Lipinski definition) is 3. The van der Waals surface area contributed by atoms with Gasteiger partial charge >= 0.3 is 6.03 Å². The van der Waals surface area contributed by atoms with E-state index in [-0.39, 0.29) is 17.8 Å². The van der Waals surface area contributed by atoms with E-state index in [9.17, 15) is 9.59 Å². The Labute approximate surface area is 161 Å². The summed E-state index contributed by atoms with van der Waals surface area (Å²) in [7, 11) is 1.92. The molecule has 0 fully saturated rings. The minimum atomic E-state index is -0.630. The molecule has 28 heavy (non-hydrogen) atoms. The highest BCUT2D eigenvalue weighted by molar-refractivity contribution is 5.90. The van der Waals surface area contributed by atoms with Crippen LogP contribution in [0.15, 0.2) is 42.9 Å². The van der Waals surface area contributed by atoms with Crippen molar-refractivity contribution in [3.05, 3.63) is 59.9 Å². The van der Waals surface area contributed by atoms with E-state index in [0.29, 0.717) is 13.0 Å². The number of urea groups is 1. The van der Waals surface area contributed by atoms with Crippen molar-refractivity contribution < 1.29 is 9.59 Å². The summed E-state index contributed by atoms with van der Waals surface area (Å²) in [5.74, 6) is 0.283. The van der Waals surface area contributed by atoms with E-state index < -0.39 is 5.91 Å². The van der Waals surface area contributed by atoms with Crippen LogP contribution in [0.25, 0.3) is 5.69 Å². The number of nitrogens with two attached hydrogens (primary N) is 1. The average Bonchev–Trinajstić information content (AvgIpc) is 3.31. The third-order valence-corrected chi connectivity index (χ3v) is 4.31. The lowest BCUT2D eigenvalue weighted by atomic mass is 10.1. The maximum absolute atomic E-state index is 12.1. The maximum atomic E-state index is 12.1. The van der Waals surface area contributed by atoms with Gasteiger partial charge in [0, 0.05) is 32.4 Å². The summed E-state index contributed by atoms with van der Waals surface area (Å²) in [4.78, 5) is 27.4. The van der Waals surface area contributed by atoms with Crippen LogP contribution in [0.2, 0.25) is 0 Å². The number of aromatic nitrogens is 5. The van der Waals surface area contributed by atoms with E-state index >= 15 is 0 Å². The van der Waals surface area contributed by atoms with Crippen molar-refractivity contribution in [2.45, 2.75) is 19.4 Å². The van der Waals surface area contributed by atoms with Gasteiger partial charge in [0.1, 0.15) is 5.82 Å². The number of nitrogens with zero attached hydrogens (tertiary/aromatic N) is 5. The van der Waals surface area contributed by atoms with E-state index in [1.807, 2.05) is 49.0 Å². The predicted molar refractivity (Wildman–Crippen MR) is 102 cm³/mol. The molecule has 0 aliphatic heterocycles. The molecule has 1 atom stereocenters. The first-order valence-electron chi connectivity index (χ1n) is 8.77. The van der Waals surface area contributed by atoms with Gasteiger partial charge in [-0.3, -0.25) is 4.79 Å². The fourth-order valence-electron chi connectivity index (χ4n) is 2.67. The van der Waals surface area contributed by atoms with E-state index in [1.165, 1.54) is 10.9 Å². The highest BCUT2D eigenvalue weighted by Gasteiger charge is 2.11. The second-order valence-corrected chi connectivity index (χ2v) is 6.33. The van der Waals surface area contributed by atoms with Crippen LogP contribution in [0.1, 0.15) is 34.8 Å². The first-order chi connectivity index (χ1) is 13.4. The number of hydrogen-bond acceptors (Lipinski definition) is 5. The number of imidazole rings is 1. The van der Waals surface area contributed by atoms with Crippen molar-refractivity contribution in [1.82, 2.24) is 35.2 Å². The molecule has 10 nitrogen and oxygen atoms in total. The Kier molecular flexibility index (Phi) is 5.68. The molecule has 146 valence electrons. The number of nitrogens with one attached hydrogen (secondary N) is 2. The standard InChI is InChI=1S/C18H22N8O2/c1-12(22-18(28)21-8-7-16-20-9-10-25(16)2)13-3-5-14(6-4-13)26-11-15(17(19)27)23-24-26/h3-6,9-12H,7-8H2,1-2H3,(H2,19,27)(H2,21,22,28)/t12-/m1/s1. The summed E-state index contributed by atoms with van der Waals surface area (Å²) < 4.78 is 3.39. The summed E-state index contributed by atoms with van der Waals surface area (Å²) in [6.45, 7) is 2.39. The summed E-state index contributed by atoms with van der Waals surface area (Å²) in [6, 6.07) is 6.98. The van der Waals surface area contributed by atoms with Crippen molar-refractivity contribution >= 4 is 11.9 Å². The number of benzene rings is 1. The Morgan fingerprint density at radius 2 is 2.00 bits per heavy atom. The van der Waals surface area contributed by atoms with Gasteiger partial charge in [-0.1, -0.05) is 17.3 Å².